The highest BCUT2D eigenvalue weighted by Gasteiger charge is 2.06. The molecule has 0 aliphatic rings. The van der Waals surface area contributed by atoms with Crippen LogP contribution in [0, 0.1) is 6.92 Å². The summed E-state index contributed by atoms with van der Waals surface area (Å²) >= 11 is 3.85. The van der Waals surface area contributed by atoms with E-state index in [0.717, 1.165) is 24.6 Å². The first-order chi connectivity index (χ1) is 7.13. The highest BCUT2D eigenvalue weighted by molar-refractivity contribution is 7.98. The fourth-order valence-corrected chi connectivity index (χ4v) is 3.54. The summed E-state index contributed by atoms with van der Waals surface area (Å²) < 4.78 is 0. The number of hydrogen-bond donors (Lipinski definition) is 1. The molecule has 2 nitrogen and oxygen atoms in total. The van der Waals surface area contributed by atoms with Gasteiger partial charge in [0.15, 0.2) is 0 Å². The number of hydrogen-bond acceptors (Lipinski definition) is 4. The Morgan fingerprint density at radius 3 is 2.80 bits per heavy atom. The fraction of sp³-hybridized carbons (Fsp3) is 0.636. The van der Waals surface area contributed by atoms with E-state index in [2.05, 4.69) is 32.0 Å². The van der Waals surface area contributed by atoms with Crippen molar-refractivity contribution >= 4 is 23.1 Å². The standard InChI is InChI=1S/C11H20N2S2/c1-9-6-10(8-14-5-4-12)15-11(9)7-13(2)3/h6H,4-5,7-8,12H2,1-3H3. The SMILES string of the molecule is Cc1cc(CSCCN)sc1CN(C)C. The van der Waals surface area contributed by atoms with E-state index in [4.69, 9.17) is 5.73 Å². The van der Waals surface area contributed by atoms with Crippen LogP contribution in [0.2, 0.25) is 0 Å². The summed E-state index contributed by atoms with van der Waals surface area (Å²) in [6.07, 6.45) is 0. The topological polar surface area (TPSA) is 29.3 Å². The maximum absolute atomic E-state index is 5.47. The molecule has 0 amide bonds. The van der Waals surface area contributed by atoms with Gasteiger partial charge < -0.3 is 10.6 Å². The van der Waals surface area contributed by atoms with Gasteiger partial charge in [-0.2, -0.15) is 11.8 Å². The zero-order valence-electron chi connectivity index (χ0n) is 9.75. The zero-order chi connectivity index (χ0) is 11.3. The first kappa shape index (κ1) is 13.0. The first-order valence-electron chi connectivity index (χ1n) is 5.14. The molecule has 15 heavy (non-hydrogen) atoms. The molecule has 0 saturated carbocycles. The molecule has 2 N–H and O–H groups in total. The van der Waals surface area contributed by atoms with Gasteiger partial charge in [0.05, 0.1) is 0 Å². The maximum atomic E-state index is 5.47. The average molecular weight is 244 g/mol. The van der Waals surface area contributed by atoms with Gasteiger partial charge in [-0.05, 0) is 32.6 Å². The molecule has 0 atom stereocenters. The van der Waals surface area contributed by atoms with Crippen molar-refractivity contribution < 1.29 is 0 Å². The van der Waals surface area contributed by atoms with E-state index in [1.54, 1.807) is 0 Å². The summed E-state index contributed by atoms with van der Waals surface area (Å²) in [5.41, 5.74) is 6.90. The minimum atomic E-state index is 0.777. The van der Waals surface area contributed by atoms with Crippen LogP contribution in [-0.2, 0) is 12.3 Å². The fourth-order valence-electron chi connectivity index (χ4n) is 1.36. The minimum Gasteiger partial charge on any atom is -0.330 e. The van der Waals surface area contributed by atoms with Gasteiger partial charge in [-0.3, -0.25) is 0 Å². The lowest BCUT2D eigenvalue weighted by Crippen LogP contribution is -2.09. The maximum Gasteiger partial charge on any atom is 0.0324 e. The molecule has 0 aromatic carbocycles. The third kappa shape index (κ3) is 4.55. The van der Waals surface area contributed by atoms with Gasteiger partial charge in [0.2, 0.25) is 0 Å². The van der Waals surface area contributed by atoms with E-state index in [-0.39, 0.29) is 0 Å². The molecule has 0 radical (unpaired) electrons. The summed E-state index contributed by atoms with van der Waals surface area (Å²) in [5, 5.41) is 0. The molecular weight excluding hydrogens is 224 g/mol. The van der Waals surface area contributed by atoms with E-state index < -0.39 is 0 Å². The summed E-state index contributed by atoms with van der Waals surface area (Å²) in [4.78, 5) is 5.18. The van der Waals surface area contributed by atoms with Gasteiger partial charge in [-0.15, -0.1) is 11.3 Å². The van der Waals surface area contributed by atoms with Gasteiger partial charge in [0.1, 0.15) is 0 Å². The Hall–Kier alpha value is -0.0300. The van der Waals surface area contributed by atoms with Gasteiger partial charge >= 0.3 is 0 Å². The van der Waals surface area contributed by atoms with Crippen LogP contribution in [0.3, 0.4) is 0 Å². The molecule has 0 fully saturated rings. The van der Waals surface area contributed by atoms with Gasteiger partial charge in [-0.25, -0.2) is 0 Å². The van der Waals surface area contributed by atoms with Crippen molar-refractivity contribution in [3.05, 3.63) is 21.4 Å². The van der Waals surface area contributed by atoms with Crippen LogP contribution in [0.4, 0.5) is 0 Å². The van der Waals surface area contributed by atoms with Gasteiger partial charge in [-0.1, -0.05) is 0 Å². The Morgan fingerprint density at radius 1 is 1.47 bits per heavy atom. The predicted octanol–water partition coefficient (Wildman–Crippen LogP) is 2.31. The number of thiophene rings is 1. The Kier molecular flexibility index (Phi) is 5.68. The largest absolute Gasteiger partial charge is 0.330 e. The average Bonchev–Trinajstić information content (AvgIpc) is 2.47. The minimum absolute atomic E-state index is 0.777. The van der Waals surface area contributed by atoms with E-state index >= 15 is 0 Å². The van der Waals surface area contributed by atoms with Crippen molar-refractivity contribution in [2.45, 2.75) is 19.2 Å². The molecule has 1 heterocycles. The summed E-state index contributed by atoms with van der Waals surface area (Å²) in [6, 6.07) is 2.31. The molecule has 0 spiro atoms. The predicted molar refractivity (Wildman–Crippen MR) is 71.7 cm³/mol. The second kappa shape index (κ2) is 6.53. The van der Waals surface area contributed by atoms with Crippen LogP contribution in [-0.4, -0.2) is 31.3 Å². The van der Waals surface area contributed by atoms with Crippen molar-refractivity contribution in [3.63, 3.8) is 0 Å². The normalized spacial score (nSPS) is 11.3. The lowest BCUT2D eigenvalue weighted by atomic mass is 10.2. The molecule has 0 saturated heterocycles. The Morgan fingerprint density at radius 2 is 2.20 bits per heavy atom. The van der Waals surface area contributed by atoms with Gasteiger partial charge in [0.25, 0.3) is 0 Å². The molecular formula is C11H20N2S2. The molecule has 0 aliphatic carbocycles. The summed E-state index contributed by atoms with van der Waals surface area (Å²) in [5.74, 6) is 2.16. The van der Waals surface area contributed by atoms with E-state index in [0.29, 0.717) is 0 Å². The van der Waals surface area contributed by atoms with E-state index in [9.17, 15) is 0 Å². The van der Waals surface area contributed by atoms with Crippen LogP contribution in [0.1, 0.15) is 15.3 Å². The molecule has 86 valence electrons. The second-order valence-electron chi connectivity index (χ2n) is 3.90. The zero-order valence-corrected chi connectivity index (χ0v) is 11.4. The van der Waals surface area contributed by atoms with Gasteiger partial charge in [0, 0.05) is 34.3 Å². The summed E-state index contributed by atoms with van der Waals surface area (Å²) in [6.45, 7) is 4.03. The highest BCUT2D eigenvalue weighted by atomic mass is 32.2. The summed E-state index contributed by atoms with van der Waals surface area (Å²) in [7, 11) is 4.23. The number of nitrogens with zero attached hydrogens (tertiary/aromatic N) is 1. The van der Waals surface area contributed by atoms with Crippen molar-refractivity contribution in [1.29, 1.82) is 0 Å². The number of nitrogens with two attached hydrogens (primary N) is 1. The Labute approximate surface area is 101 Å². The van der Waals surface area contributed by atoms with Crippen LogP contribution >= 0.6 is 23.1 Å². The van der Waals surface area contributed by atoms with Crippen LogP contribution in [0.5, 0.6) is 0 Å². The lowest BCUT2D eigenvalue weighted by Gasteiger charge is -2.07. The second-order valence-corrected chi connectivity index (χ2v) is 6.22. The third-order valence-electron chi connectivity index (χ3n) is 2.04. The monoisotopic (exact) mass is 244 g/mol. The molecule has 1 aromatic rings. The smallest absolute Gasteiger partial charge is 0.0324 e. The van der Waals surface area contributed by atoms with E-state index in [1.807, 2.05) is 23.1 Å². The molecule has 4 heteroatoms. The number of thioether (sulfide) groups is 1. The van der Waals surface area contributed by atoms with Crippen LogP contribution in [0.25, 0.3) is 0 Å². The quantitative estimate of drug-likeness (QED) is 0.779. The highest BCUT2D eigenvalue weighted by Crippen LogP contribution is 2.26. The van der Waals surface area contributed by atoms with Crippen LogP contribution < -0.4 is 5.73 Å². The van der Waals surface area contributed by atoms with Crippen molar-refractivity contribution in [1.82, 2.24) is 4.90 Å². The molecule has 0 bridgehead atoms. The van der Waals surface area contributed by atoms with Crippen LogP contribution in [0.15, 0.2) is 6.07 Å². The van der Waals surface area contributed by atoms with E-state index in [1.165, 1.54) is 15.3 Å². The first-order valence-corrected chi connectivity index (χ1v) is 7.11. The molecule has 0 aliphatic heterocycles. The molecule has 0 unspecified atom stereocenters. The van der Waals surface area contributed by atoms with Crippen molar-refractivity contribution in [2.24, 2.45) is 5.73 Å². The lowest BCUT2D eigenvalue weighted by molar-refractivity contribution is 0.405. The third-order valence-corrected chi connectivity index (χ3v) is 4.48. The molecule has 1 aromatic heterocycles. The Bertz CT molecular complexity index is 295. The number of rotatable bonds is 6. The Balaban J connectivity index is 2.52. The van der Waals surface area contributed by atoms with Crippen molar-refractivity contribution in [3.8, 4) is 0 Å². The van der Waals surface area contributed by atoms with Crippen molar-refractivity contribution in [2.75, 3.05) is 26.4 Å². The molecule has 1 rings (SSSR count). The number of aryl methyl sites for hydroxylation is 1.